The predicted molar refractivity (Wildman–Crippen MR) is 97.0 cm³/mol. The Bertz CT molecular complexity index is 825. The van der Waals surface area contributed by atoms with Crippen molar-refractivity contribution in [2.75, 3.05) is 13.1 Å². The van der Waals surface area contributed by atoms with Gasteiger partial charge >= 0.3 is 0 Å². The number of hydrogen-bond acceptors (Lipinski definition) is 2. The summed E-state index contributed by atoms with van der Waals surface area (Å²) in [4.78, 5) is 29.9. The molecule has 0 radical (unpaired) electrons. The molecule has 2 amide bonds. The first-order valence-corrected chi connectivity index (χ1v) is 9.23. The van der Waals surface area contributed by atoms with Crippen LogP contribution in [0, 0.1) is 11.8 Å². The number of nitrogens with zero attached hydrogens (tertiary/aromatic N) is 1. The zero-order valence-electron chi connectivity index (χ0n) is 14.8. The zero-order chi connectivity index (χ0) is 17.6. The number of amides is 2. The summed E-state index contributed by atoms with van der Waals surface area (Å²) in [6.07, 6.45) is 2.22. The van der Waals surface area contributed by atoms with Crippen LogP contribution in [-0.2, 0) is 16.0 Å². The van der Waals surface area contributed by atoms with Crippen LogP contribution in [0.5, 0.6) is 0 Å². The number of H-pyrrole nitrogens is 1. The number of para-hydroxylation sites is 1. The third-order valence-electron chi connectivity index (χ3n) is 5.74. The Morgan fingerprint density at radius 1 is 1.28 bits per heavy atom. The average Bonchev–Trinajstić information content (AvgIpc) is 3.21. The van der Waals surface area contributed by atoms with Crippen molar-refractivity contribution in [2.45, 2.75) is 39.2 Å². The summed E-state index contributed by atoms with van der Waals surface area (Å²) in [6.45, 7) is 5.34. The summed E-state index contributed by atoms with van der Waals surface area (Å²) < 4.78 is 0. The molecule has 0 spiro atoms. The van der Waals surface area contributed by atoms with Gasteiger partial charge in [0.2, 0.25) is 11.8 Å². The normalized spacial score (nSPS) is 24.9. The Kier molecular flexibility index (Phi) is 4.02. The molecule has 2 N–H and O–H groups in total. The largest absolute Gasteiger partial charge is 0.356 e. The molecule has 1 aliphatic heterocycles. The lowest BCUT2D eigenvalue weighted by Gasteiger charge is -2.33. The second-order valence-corrected chi connectivity index (χ2v) is 7.44. The minimum Gasteiger partial charge on any atom is -0.356 e. The Labute approximate surface area is 147 Å². The Balaban J connectivity index is 1.39. The molecule has 25 heavy (non-hydrogen) atoms. The number of aromatic nitrogens is 1. The molecule has 1 aromatic carbocycles. The number of aromatic amines is 1. The molecule has 2 heterocycles. The molecule has 0 bridgehead atoms. The van der Waals surface area contributed by atoms with Gasteiger partial charge in [0.25, 0.3) is 0 Å². The van der Waals surface area contributed by atoms with Crippen LogP contribution >= 0.6 is 0 Å². The van der Waals surface area contributed by atoms with E-state index < -0.39 is 0 Å². The van der Waals surface area contributed by atoms with Gasteiger partial charge in [-0.05, 0) is 37.3 Å². The summed E-state index contributed by atoms with van der Waals surface area (Å²) in [5.74, 6) is 0.877. The quantitative estimate of drug-likeness (QED) is 0.899. The van der Waals surface area contributed by atoms with Gasteiger partial charge in [-0.25, -0.2) is 0 Å². The van der Waals surface area contributed by atoms with Crippen LogP contribution in [-0.4, -0.2) is 34.8 Å². The molecule has 3 atom stereocenters. The molecule has 5 nitrogen and oxygen atoms in total. The minimum absolute atomic E-state index is 0.0443. The molecule has 0 unspecified atom stereocenters. The number of nitrogens with one attached hydrogen (secondary N) is 2. The second-order valence-electron chi connectivity index (χ2n) is 7.44. The highest BCUT2D eigenvalue weighted by Gasteiger charge is 2.39. The number of carbonyl (C=O) groups excluding carboxylic acids is 2. The molecule has 1 aromatic heterocycles. The second kappa shape index (κ2) is 6.21. The molecule has 1 fully saturated rings. The van der Waals surface area contributed by atoms with Crippen molar-refractivity contribution in [3.8, 4) is 0 Å². The number of benzene rings is 1. The Morgan fingerprint density at radius 3 is 2.80 bits per heavy atom. The highest BCUT2D eigenvalue weighted by Crippen LogP contribution is 2.37. The molecular weight excluding hydrogens is 314 g/mol. The minimum atomic E-state index is 0.0443. The van der Waals surface area contributed by atoms with Gasteiger partial charge in [-0.1, -0.05) is 25.1 Å². The fourth-order valence-corrected chi connectivity index (χ4v) is 4.02. The summed E-state index contributed by atoms with van der Waals surface area (Å²) in [5.41, 5.74) is 3.62. The van der Waals surface area contributed by atoms with Crippen LogP contribution in [0.4, 0.5) is 0 Å². The van der Waals surface area contributed by atoms with Gasteiger partial charge in [0.05, 0.1) is 6.04 Å². The van der Waals surface area contributed by atoms with Crippen molar-refractivity contribution in [1.29, 1.82) is 0 Å². The number of carbonyl (C=O) groups is 2. The number of fused-ring (bicyclic) bond motifs is 3. The van der Waals surface area contributed by atoms with E-state index in [9.17, 15) is 9.59 Å². The van der Waals surface area contributed by atoms with E-state index >= 15 is 0 Å². The third-order valence-corrected chi connectivity index (χ3v) is 5.74. The third kappa shape index (κ3) is 2.92. The van der Waals surface area contributed by atoms with Crippen molar-refractivity contribution in [3.63, 3.8) is 0 Å². The van der Waals surface area contributed by atoms with Gasteiger partial charge < -0.3 is 15.2 Å². The molecule has 2 aliphatic rings. The van der Waals surface area contributed by atoms with E-state index in [1.165, 1.54) is 10.9 Å². The summed E-state index contributed by atoms with van der Waals surface area (Å²) in [6, 6.07) is 8.36. The highest BCUT2D eigenvalue weighted by atomic mass is 16.2. The fraction of sp³-hybridized carbons (Fsp3) is 0.500. The van der Waals surface area contributed by atoms with E-state index in [2.05, 4.69) is 42.3 Å². The first kappa shape index (κ1) is 16.2. The van der Waals surface area contributed by atoms with Gasteiger partial charge in [0.15, 0.2) is 0 Å². The molecular formula is C20H25N3O2. The van der Waals surface area contributed by atoms with Crippen molar-refractivity contribution in [3.05, 3.63) is 35.5 Å². The molecule has 2 aromatic rings. The lowest BCUT2D eigenvalue weighted by Crippen LogP contribution is -2.40. The van der Waals surface area contributed by atoms with E-state index in [0.717, 1.165) is 30.6 Å². The van der Waals surface area contributed by atoms with Gasteiger partial charge in [0.1, 0.15) is 0 Å². The maximum Gasteiger partial charge on any atom is 0.224 e. The van der Waals surface area contributed by atoms with Crippen LogP contribution in [0.2, 0.25) is 0 Å². The maximum absolute atomic E-state index is 12.6. The Morgan fingerprint density at radius 2 is 2.04 bits per heavy atom. The molecule has 1 aliphatic carbocycles. The van der Waals surface area contributed by atoms with Crippen molar-refractivity contribution in [1.82, 2.24) is 15.2 Å². The predicted octanol–water partition coefficient (Wildman–Crippen LogP) is 2.78. The standard InChI is InChI=1S/C20H25N3O2/c1-12-11-16(12)20(25)21-9-7-18(24)23-10-8-15-14-5-3-4-6-17(14)22-19(15)13(23)2/h3-6,12-13,16,22H,7-11H2,1-2H3,(H,21,25)/t12-,13+,16-/m1/s1. The number of hydrogen-bond donors (Lipinski definition) is 2. The van der Waals surface area contributed by atoms with Crippen molar-refractivity contribution in [2.24, 2.45) is 11.8 Å². The van der Waals surface area contributed by atoms with E-state index in [1.807, 2.05) is 11.0 Å². The Hall–Kier alpha value is -2.30. The summed E-state index contributed by atoms with van der Waals surface area (Å²) in [5, 5.41) is 4.17. The maximum atomic E-state index is 12.6. The highest BCUT2D eigenvalue weighted by molar-refractivity contribution is 5.86. The summed E-state index contributed by atoms with van der Waals surface area (Å²) >= 11 is 0. The lowest BCUT2D eigenvalue weighted by molar-refractivity contribution is -0.133. The van der Waals surface area contributed by atoms with E-state index in [1.54, 1.807) is 0 Å². The van der Waals surface area contributed by atoms with E-state index in [-0.39, 0.29) is 23.8 Å². The molecule has 0 saturated heterocycles. The molecule has 1 saturated carbocycles. The lowest BCUT2D eigenvalue weighted by atomic mass is 9.98. The average molecular weight is 339 g/mol. The zero-order valence-corrected chi connectivity index (χ0v) is 14.8. The van der Waals surface area contributed by atoms with Crippen LogP contribution < -0.4 is 5.32 Å². The van der Waals surface area contributed by atoms with Crippen molar-refractivity contribution >= 4 is 22.7 Å². The van der Waals surface area contributed by atoms with Crippen LogP contribution in [0.1, 0.15) is 44.0 Å². The van der Waals surface area contributed by atoms with Crippen LogP contribution in [0.15, 0.2) is 24.3 Å². The fourth-order valence-electron chi connectivity index (χ4n) is 4.02. The molecule has 5 heteroatoms. The monoisotopic (exact) mass is 339 g/mol. The van der Waals surface area contributed by atoms with Gasteiger partial charge in [-0.15, -0.1) is 0 Å². The van der Waals surface area contributed by atoms with Gasteiger partial charge in [-0.3, -0.25) is 9.59 Å². The number of rotatable bonds is 4. The SMILES string of the molecule is C[C@@H]1C[C@H]1C(=O)NCCC(=O)N1CCc2c([nH]c3ccccc23)[C@@H]1C. The van der Waals surface area contributed by atoms with Crippen molar-refractivity contribution < 1.29 is 9.59 Å². The van der Waals surface area contributed by atoms with E-state index in [0.29, 0.717) is 18.9 Å². The topological polar surface area (TPSA) is 65.2 Å². The summed E-state index contributed by atoms with van der Waals surface area (Å²) in [7, 11) is 0. The van der Waals surface area contributed by atoms with Gasteiger partial charge in [0, 0.05) is 42.0 Å². The van der Waals surface area contributed by atoms with Crippen LogP contribution in [0.3, 0.4) is 0 Å². The first-order chi connectivity index (χ1) is 12.1. The molecule has 4 rings (SSSR count). The smallest absolute Gasteiger partial charge is 0.224 e. The van der Waals surface area contributed by atoms with Gasteiger partial charge in [-0.2, -0.15) is 0 Å². The first-order valence-electron chi connectivity index (χ1n) is 9.23. The van der Waals surface area contributed by atoms with E-state index in [4.69, 9.17) is 0 Å². The molecule has 132 valence electrons. The van der Waals surface area contributed by atoms with Crippen LogP contribution in [0.25, 0.3) is 10.9 Å².